The summed E-state index contributed by atoms with van der Waals surface area (Å²) >= 11 is 1.02. The Balaban J connectivity index is 2.11. The largest absolute Gasteiger partial charge is 0.507 e. The zero-order chi connectivity index (χ0) is 14.4. The maximum Gasteiger partial charge on any atom is 0.222 e. The first-order valence-electron chi connectivity index (χ1n) is 5.88. The normalized spacial score (nSPS) is 20.8. The highest BCUT2D eigenvalue weighted by atomic mass is 32.1. The molecule has 1 aromatic heterocycles. The van der Waals surface area contributed by atoms with Gasteiger partial charge < -0.3 is 10.2 Å². The molecule has 0 atom stereocenters. The van der Waals surface area contributed by atoms with Crippen molar-refractivity contribution in [3.05, 3.63) is 45.8 Å². The van der Waals surface area contributed by atoms with Crippen molar-refractivity contribution >= 4 is 28.6 Å². The number of carbonyl (C=O) groups is 1. The number of aromatic hydroxyl groups is 1. The summed E-state index contributed by atoms with van der Waals surface area (Å²) in [6.07, 6.45) is 1.60. The molecule has 0 amide bonds. The third-order valence-corrected chi connectivity index (χ3v) is 3.91. The fourth-order valence-corrected chi connectivity index (χ4v) is 2.86. The van der Waals surface area contributed by atoms with E-state index in [0.29, 0.717) is 17.0 Å². The molecule has 102 valence electrons. The molecule has 4 nitrogen and oxygen atoms in total. The van der Waals surface area contributed by atoms with Gasteiger partial charge in [0.25, 0.3) is 0 Å². The Hall–Kier alpha value is -2.21. The number of halogens is 1. The van der Waals surface area contributed by atoms with E-state index in [1.807, 2.05) is 0 Å². The Bertz CT molecular complexity index is 752. The van der Waals surface area contributed by atoms with Crippen molar-refractivity contribution in [3.63, 3.8) is 0 Å². The summed E-state index contributed by atoms with van der Waals surface area (Å²) in [7, 11) is 0. The van der Waals surface area contributed by atoms with Gasteiger partial charge in [0.05, 0.1) is 11.3 Å². The molecule has 0 bridgehead atoms. The standard InChI is InChI=1S/C14H10FNO3S/c1-6-2-8-10(16-6)4-9(14(19)12(8)15)13(18)7-3-11(17)20-5-7/h2-3,5,17-18H,4H2,1H3. The van der Waals surface area contributed by atoms with Crippen LogP contribution in [0, 0.1) is 0 Å². The topological polar surface area (TPSA) is 69.9 Å². The van der Waals surface area contributed by atoms with Crippen LogP contribution in [0.25, 0.3) is 5.76 Å². The van der Waals surface area contributed by atoms with E-state index in [0.717, 1.165) is 11.3 Å². The Morgan fingerprint density at radius 2 is 2.25 bits per heavy atom. The van der Waals surface area contributed by atoms with Crippen molar-refractivity contribution in [2.45, 2.75) is 13.3 Å². The van der Waals surface area contributed by atoms with Gasteiger partial charge in [-0.15, -0.1) is 11.3 Å². The van der Waals surface area contributed by atoms with Crippen LogP contribution in [-0.4, -0.2) is 21.7 Å². The number of nitrogens with zero attached hydrogens (tertiary/aromatic N) is 1. The molecule has 0 fully saturated rings. The fraction of sp³-hybridized carbons (Fsp3) is 0.143. The van der Waals surface area contributed by atoms with Crippen molar-refractivity contribution in [1.29, 1.82) is 0 Å². The smallest absolute Gasteiger partial charge is 0.222 e. The minimum Gasteiger partial charge on any atom is -0.507 e. The number of allylic oxidation sites excluding steroid dienone is 5. The molecule has 20 heavy (non-hydrogen) atoms. The van der Waals surface area contributed by atoms with E-state index in [1.165, 1.54) is 17.5 Å². The molecule has 1 aliphatic carbocycles. The lowest BCUT2D eigenvalue weighted by Gasteiger charge is -2.15. The number of rotatable bonds is 1. The number of aliphatic imine (C=N–C) groups is 1. The van der Waals surface area contributed by atoms with E-state index in [2.05, 4.69) is 4.99 Å². The van der Waals surface area contributed by atoms with Crippen molar-refractivity contribution in [2.75, 3.05) is 0 Å². The van der Waals surface area contributed by atoms with Crippen molar-refractivity contribution in [2.24, 2.45) is 4.99 Å². The summed E-state index contributed by atoms with van der Waals surface area (Å²) in [6.45, 7) is 1.72. The van der Waals surface area contributed by atoms with Crippen molar-refractivity contribution in [1.82, 2.24) is 0 Å². The number of carbonyl (C=O) groups excluding carboxylic acids is 1. The molecule has 0 saturated carbocycles. The summed E-state index contributed by atoms with van der Waals surface area (Å²) in [5.41, 5.74) is 1.55. The Morgan fingerprint density at radius 1 is 1.50 bits per heavy atom. The average molecular weight is 291 g/mol. The molecule has 0 saturated heterocycles. The Labute approximate surface area is 117 Å². The van der Waals surface area contributed by atoms with Crippen LogP contribution in [0.5, 0.6) is 5.06 Å². The van der Waals surface area contributed by atoms with Crippen LogP contribution in [0.1, 0.15) is 18.9 Å². The minimum atomic E-state index is -0.896. The minimum absolute atomic E-state index is 0.0165. The van der Waals surface area contributed by atoms with E-state index in [9.17, 15) is 19.4 Å². The van der Waals surface area contributed by atoms with Gasteiger partial charge in [0.2, 0.25) is 5.78 Å². The van der Waals surface area contributed by atoms with Crippen LogP contribution in [0.4, 0.5) is 4.39 Å². The first-order chi connectivity index (χ1) is 9.47. The van der Waals surface area contributed by atoms with Gasteiger partial charge in [0, 0.05) is 34.7 Å². The number of fused-ring (bicyclic) bond motifs is 1. The lowest BCUT2D eigenvalue weighted by Crippen LogP contribution is -2.19. The van der Waals surface area contributed by atoms with Crippen LogP contribution in [0.15, 0.2) is 45.2 Å². The summed E-state index contributed by atoms with van der Waals surface area (Å²) < 4.78 is 14.0. The second-order valence-corrected chi connectivity index (χ2v) is 5.47. The molecule has 1 aliphatic heterocycles. The van der Waals surface area contributed by atoms with Crippen LogP contribution < -0.4 is 0 Å². The molecule has 2 heterocycles. The summed E-state index contributed by atoms with van der Waals surface area (Å²) in [5, 5.41) is 20.9. The summed E-state index contributed by atoms with van der Waals surface area (Å²) in [4.78, 5) is 16.2. The quantitative estimate of drug-likeness (QED) is 0.616. The molecule has 0 spiro atoms. The predicted molar refractivity (Wildman–Crippen MR) is 74.5 cm³/mol. The number of aliphatic hydroxyl groups excluding tert-OH is 1. The highest BCUT2D eigenvalue weighted by molar-refractivity contribution is 7.11. The molecular weight excluding hydrogens is 281 g/mol. The molecule has 2 aliphatic rings. The summed E-state index contributed by atoms with van der Waals surface area (Å²) in [6, 6.07) is 1.33. The lowest BCUT2D eigenvalue weighted by molar-refractivity contribution is -0.113. The molecular formula is C14H10FNO3S. The number of ketones is 1. The van der Waals surface area contributed by atoms with Gasteiger partial charge in [-0.05, 0) is 13.0 Å². The third kappa shape index (κ3) is 1.89. The first-order valence-corrected chi connectivity index (χ1v) is 6.76. The zero-order valence-electron chi connectivity index (χ0n) is 10.5. The van der Waals surface area contributed by atoms with Crippen LogP contribution in [-0.2, 0) is 4.79 Å². The molecule has 2 N–H and O–H groups in total. The second kappa shape index (κ2) is 4.42. The Morgan fingerprint density at radius 3 is 2.90 bits per heavy atom. The highest BCUT2D eigenvalue weighted by Gasteiger charge is 2.33. The third-order valence-electron chi connectivity index (χ3n) is 3.17. The molecule has 0 radical (unpaired) electrons. The maximum atomic E-state index is 14.0. The lowest BCUT2D eigenvalue weighted by atomic mass is 9.89. The van der Waals surface area contributed by atoms with E-state index < -0.39 is 11.6 Å². The maximum absolute atomic E-state index is 14.0. The number of hydrogen-bond donors (Lipinski definition) is 2. The number of Topliss-reactive ketones (excluding diaryl/α,β-unsaturated/α-hetero) is 1. The van der Waals surface area contributed by atoms with Crippen molar-refractivity contribution < 1.29 is 19.4 Å². The highest BCUT2D eigenvalue weighted by Crippen LogP contribution is 2.35. The van der Waals surface area contributed by atoms with Gasteiger partial charge >= 0.3 is 0 Å². The predicted octanol–water partition coefficient (Wildman–Crippen LogP) is 3.28. The zero-order valence-corrected chi connectivity index (χ0v) is 11.3. The van der Waals surface area contributed by atoms with Gasteiger partial charge in [0.1, 0.15) is 5.76 Å². The molecule has 0 aromatic carbocycles. The van der Waals surface area contributed by atoms with Gasteiger partial charge in [-0.3, -0.25) is 9.79 Å². The van der Waals surface area contributed by atoms with E-state index >= 15 is 0 Å². The second-order valence-electron chi connectivity index (χ2n) is 4.58. The fourth-order valence-electron chi connectivity index (χ4n) is 2.24. The van der Waals surface area contributed by atoms with Gasteiger partial charge in [-0.25, -0.2) is 4.39 Å². The van der Waals surface area contributed by atoms with Gasteiger partial charge in [0.15, 0.2) is 10.9 Å². The van der Waals surface area contributed by atoms with Crippen molar-refractivity contribution in [3.8, 4) is 5.06 Å². The van der Waals surface area contributed by atoms with Crippen LogP contribution >= 0.6 is 11.3 Å². The Kier molecular flexibility index (Phi) is 2.83. The van der Waals surface area contributed by atoms with Gasteiger partial charge in [-0.2, -0.15) is 0 Å². The molecule has 3 rings (SSSR count). The van der Waals surface area contributed by atoms with Crippen LogP contribution in [0.2, 0.25) is 0 Å². The van der Waals surface area contributed by atoms with E-state index in [4.69, 9.17) is 0 Å². The van der Waals surface area contributed by atoms with E-state index in [-0.39, 0.29) is 28.4 Å². The molecule has 1 aromatic rings. The average Bonchev–Trinajstić information content (AvgIpc) is 2.99. The molecule has 0 unspecified atom stereocenters. The van der Waals surface area contributed by atoms with E-state index in [1.54, 1.807) is 6.92 Å². The SMILES string of the molecule is CC1=CC2=C(F)C(=O)C(=C(O)c3csc(O)c3)CC2=N1. The monoisotopic (exact) mass is 291 g/mol. The van der Waals surface area contributed by atoms with Crippen LogP contribution in [0.3, 0.4) is 0 Å². The first kappa shape index (κ1) is 12.8. The summed E-state index contributed by atoms with van der Waals surface area (Å²) in [5.74, 6) is -2.03. The molecule has 6 heteroatoms. The number of thiophene rings is 1. The van der Waals surface area contributed by atoms with Gasteiger partial charge in [-0.1, -0.05) is 0 Å². The number of aliphatic hydroxyl groups is 1. The number of hydrogen-bond acceptors (Lipinski definition) is 5.